The molecule has 0 saturated carbocycles. The van der Waals surface area contributed by atoms with E-state index in [1.54, 1.807) is 6.07 Å². The number of alkyl carbamates (subject to hydrolysis) is 1. The highest BCUT2D eigenvalue weighted by Gasteiger charge is 2.15. The molecular formula is C16H22ClNO3. The second-order valence-corrected chi connectivity index (χ2v) is 6.04. The maximum atomic E-state index is 11.4. The molecule has 0 radical (unpaired) electrons. The molecule has 0 spiro atoms. The van der Waals surface area contributed by atoms with Crippen molar-refractivity contribution in [2.45, 2.75) is 39.4 Å². The largest absolute Gasteiger partial charge is 0.444 e. The Morgan fingerprint density at radius 3 is 2.76 bits per heavy atom. The average Bonchev–Trinajstić information content (AvgIpc) is 2.38. The van der Waals surface area contributed by atoms with E-state index in [0.717, 1.165) is 5.56 Å². The Bertz CT molecular complexity index is 507. The summed E-state index contributed by atoms with van der Waals surface area (Å²) in [6, 6.07) is 5.46. The molecule has 4 nitrogen and oxygen atoms in total. The molecule has 0 aliphatic rings. The molecule has 0 aliphatic carbocycles. The Morgan fingerprint density at radius 2 is 2.14 bits per heavy atom. The van der Waals surface area contributed by atoms with Crippen molar-refractivity contribution in [1.29, 1.82) is 0 Å². The molecule has 0 aliphatic heterocycles. The van der Waals surface area contributed by atoms with Gasteiger partial charge in [0.1, 0.15) is 5.60 Å². The SMILES string of the molecule is CC(C)(C)OC(=O)NCCC=Cc1ccc(Cl)c(CO)c1. The number of hydrogen-bond acceptors (Lipinski definition) is 3. The molecule has 1 aromatic carbocycles. The molecule has 5 heteroatoms. The molecule has 116 valence electrons. The minimum atomic E-state index is -0.482. The number of aliphatic hydroxyl groups excluding tert-OH is 1. The Morgan fingerprint density at radius 1 is 1.43 bits per heavy atom. The third-order valence-electron chi connectivity index (χ3n) is 2.53. The molecule has 0 fully saturated rings. The highest BCUT2D eigenvalue weighted by Crippen LogP contribution is 2.18. The van der Waals surface area contributed by atoms with E-state index in [0.29, 0.717) is 23.6 Å². The van der Waals surface area contributed by atoms with Gasteiger partial charge >= 0.3 is 6.09 Å². The standard InChI is InChI=1S/C16H22ClNO3/c1-16(2,3)21-15(20)18-9-5-4-6-12-7-8-14(17)13(10-12)11-19/h4,6-8,10,19H,5,9,11H2,1-3H3,(H,18,20). The van der Waals surface area contributed by atoms with Crippen molar-refractivity contribution in [2.24, 2.45) is 0 Å². The average molecular weight is 312 g/mol. The van der Waals surface area contributed by atoms with Gasteiger partial charge in [-0.2, -0.15) is 0 Å². The van der Waals surface area contributed by atoms with Crippen LogP contribution >= 0.6 is 11.6 Å². The summed E-state index contributed by atoms with van der Waals surface area (Å²) in [7, 11) is 0. The normalized spacial score (nSPS) is 11.7. The van der Waals surface area contributed by atoms with E-state index < -0.39 is 11.7 Å². The van der Waals surface area contributed by atoms with Crippen molar-refractivity contribution in [3.8, 4) is 0 Å². The fraction of sp³-hybridized carbons (Fsp3) is 0.438. The van der Waals surface area contributed by atoms with Crippen molar-refractivity contribution in [3.63, 3.8) is 0 Å². The lowest BCUT2D eigenvalue weighted by atomic mass is 10.1. The van der Waals surface area contributed by atoms with Gasteiger partial charge < -0.3 is 15.2 Å². The molecule has 0 unspecified atom stereocenters. The highest BCUT2D eigenvalue weighted by molar-refractivity contribution is 6.31. The van der Waals surface area contributed by atoms with Crippen LogP contribution in [0.3, 0.4) is 0 Å². The first kappa shape index (κ1) is 17.5. The highest BCUT2D eigenvalue weighted by atomic mass is 35.5. The fourth-order valence-corrected chi connectivity index (χ4v) is 1.79. The van der Waals surface area contributed by atoms with Crippen LogP contribution in [-0.4, -0.2) is 23.3 Å². The van der Waals surface area contributed by atoms with Crippen molar-refractivity contribution in [1.82, 2.24) is 5.32 Å². The van der Waals surface area contributed by atoms with E-state index in [4.69, 9.17) is 21.4 Å². The van der Waals surface area contributed by atoms with Crippen LogP contribution in [0.25, 0.3) is 6.08 Å². The van der Waals surface area contributed by atoms with E-state index in [2.05, 4.69) is 5.32 Å². The molecule has 1 rings (SSSR count). The Kier molecular flexibility index (Phi) is 6.72. The van der Waals surface area contributed by atoms with Crippen molar-refractivity contribution < 1.29 is 14.6 Å². The van der Waals surface area contributed by atoms with Gasteiger partial charge in [-0.05, 0) is 50.5 Å². The molecule has 0 heterocycles. The van der Waals surface area contributed by atoms with E-state index >= 15 is 0 Å². The minimum Gasteiger partial charge on any atom is -0.444 e. The second kappa shape index (κ2) is 8.05. The van der Waals surface area contributed by atoms with Crippen LogP contribution in [0.2, 0.25) is 5.02 Å². The Balaban J connectivity index is 2.37. The summed E-state index contributed by atoms with van der Waals surface area (Å²) in [4.78, 5) is 11.4. The summed E-state index contributed by atoms with van der Waals surface area (Å²) < 4.78 is 5.13. The van der Waals surface area contributed by atoms with Gasteiger partial charge in [-0.15, -0.1) is 0 Å². The molecular weight excluding hydrogens is 290 g/mol. The van der Waals surface area contributed by atoms with Crippen LogP contribution in [0.5, 0.6) is 0 Å². The monoisotopic (exact) mass is 311 g/mol. The predicted molar refractivity (Wildman–Crippen MR) is 85.3 cm³/mol. The van der Waals surface area contributed by atoms with Gasteiger partial charge in [0.25, 0.3) is 0 Å². The Labute approximate surface area is 130 Å². The third-order valence-corrected chi connectivity index (χ3v) is 2.90. The first-order chi connectivity index (χ1) is 9.81. The number of halogens is 1. The van der Waals surface area contributed by atoms with Crippen LogP contribution in [-0.2, 0) is 11.3 Å². The molecule has 0 atom stereocenters. The number of hydrogen-bond donors (Lipinski definition) is 2. The third kappa shape index (κ3) is 7.16. The smallest absolute Gasteiger partial charge is 0.407 e. The number of carbonyl (C=O) groups is 1. The number of aliphatic hydroxyl groups is 1. The number of carbonyl (C=O) groups excluding carboxylic acids is 1. The van der Waals surface area contributed by atoms with Gasteiger partial charge in [-0.25, -0.2) is 4.79 Å². The molecule has 1 amide bonds. The number of nitrogens with one attached hydrogen (secondary N) is 1. The number of amides is 1. The van der Waals surface area contributed by atoms with E-state index in [1.165, 1.54) is 0 Å². The van der Waals surface area contributed by atoms with E-state index in [1.807, 2.05) is 45.1 Å². The lowest BCUT2D eigenvalue weighted by molar-refractivity contribution is 0.0529. The first-order valence-electron chi connectivity index (χ1n) is 6.84. The lowest BCUT2D eigenvalue weighted by Crippen LogP contribution is -2.32. The van der Waals surface area contributed by atoms with Crippen molar-refractivity contribution in [2.75, 3.05) is 6.54 Å². The topological polar surface area (TPSA) is 58.6 Å². The Hall–Kier alpha value is -1.52. The quantitative estimate of drug-likeness (QED) is 0.814. The van der Waals surface area contributed by atoms with Crippen LogP contribution in [0.15, 0.2) is 24.3 Å². The summed E-state index contributed by atoms with van der Waals surface area (Å²) >= 11 is 5.92. The van der Waals surface area contributed by atoms with Gasteiger partial charge in [-0.3, -0.25) is 0 Å². The second-order valence-electron chi connectivity index (χ2n) is 5.63. The van der Waals surface area contributed by atoms with Crippen LogP contribution in [0, 0.1) is 0 Å². The zero-order valence-corrected chi connectivity index (χ0v) is 13.4. The van der Waals surface area contributed by atoms with E-state index in [-0.39, 0.29) is 6.61 Å². The van der Waals surface area contributed by atoms with Gasteiger partial charge in [0, 0.05) is 11.6 Å². The molecule has 21 heavy (non-hydrogen) atoms. The number of ether oxygens (including phenoxy) is 1. The summed E-state index contributed by atoms with van der Waals surface area (Å²) in [5.41, 5.74) is 1.18. The molecule has 0 bridgehead atoms. The zero-order valence-electron chi connectivity index (χ0n) is 12.6. The predicted octanol–water partition coefficient (Wildman–Crippen LogP) is 3.76. The van der Waals surface area contributed by atoms with Gasteiger partial charge in [0.2, 0.25) is 0 Å². The van der Waals surface area contributed by atoms with Gasteiger partial charge in [0.15, 0.2) is 0 Å². The van der Waals surface area contributed by atoms with Crippen molar-refractivity contribution >= 4 is 23.8 Å². The lowest BCUT2D eigenvalue weighted by Gasteiger charge is -2.19. The maximum absolute atomic E-state index is 11.4. The van der Waals surface area contributed by atoms with Crippen LogP contribution in [0.4, 0.5) is 4.79 Å². The summed E-state index contributed by atoms with van der Waals surface area (Å²) in [5, 5.41) is 12.4. The maximum Gasteiger partial charge on any atom is 0.407 e. The van der Waals surface area contributed by atoms with E-state index in [9.17, 15) is 4.79 Å². The van der Waals surface area contributed by atoms with Gasteiger partial charge in [-0.1, -0.05) is 29.8 Å². The fourth-order valence-electron chi connectivity index (χ4n) is 1.61. The molecule has 1 aromatic rings. The zero-order chi connectivity index (χ0) is 15.9. The van der Waals surface area contributed by atoms with Crippen LogP contribution in [0.1, 0.15) is 38.3 Å². The number of rotatable bonds is 5. The minimum absolute atomic E-state index is 0.0826. The van der Waals surface area contributed by atoms with Crippen molar-refractivity contribution in [3.05, 3.63) is 40.4 Å². The van der Waals surface area contributed by atoms with Crippen LogP contribution < -0.4 is 5.32 Å². The summed E-state index contributed by atoms with van der Waals surface area (Å²) in [6.45, 7) is 5.90. The summed E-state index contributed by atoms with van der Waals surface area (Å²) in [5.74, 6) is 0. The molecule has 2 N–H and O–H groups in total. The first-order valence-corrected chi connectivity index (χ1v) is 7.22. The van der Waals surface area contributed by atoms with Gasteiger partial charge in [0.05, 0.1) is 6.61 Å². The number of benzene rings is 1. The summed E-state index contributed by atoms with van der Waals surface area (Å²) in [6.07, 6.45) is 4.15. The molecule has 0 saturated heterocycles. The molecule has 0 aromatic heterocycles.